The molecule has 3 nitrogen and oxygen atoms in total. The molecule has 1 aliphatic rings. The van der Waals surface area contributed by atoms with Crippen LogP contribution in [0.25, 0.3) is 0 Å². The van der Waals surface area contributed by atoms with E-state index in [1.54, 1.807) is 11.3 Å². The smallest absolute Gasteiger partial charge is 0.187 e. The van der Waals surface area contributed by atoms with Crippen molar-refractivity contribution in [1.29, 1.82) is 0 Å². The van der Waals surface area contributed by atoms with E-state index in [1.165, 1.54) is 19.4 Å². The molecule has 2 heterocycles. The SMILES string of the molecule is CN(C)CC1CCN(c2nc(Cl)c(CCl)s2)CC1. The van der Waals surface area contributed by atoms with Crippen molar-refractivity contribution in [1.82, 2.24) is 9.88 Å². The van der Waals surface area contributed by atoms with Crippen molar-refractivity contribution in [3.63, 3.8) is 0 Å². The van der Waals surface area contributed by atoms with E-state index < -0.39 is 0 Å². The highest BCUT2D eigenvalue weighted by Crippen LogP contribution is 2.33. The molecule has 0 atom stereocenters. The molecule has 2 rings (SSSR count). The van der Waals surface area contributed by atoms with Gasteiger partial charge in [0.1, 0.15) is 5.15 Å². The molecule has 1 saturated heterocycles. The van der Waals surface area contributed by atoms with E-state index in [-0.39, 0.29) is 0 Å². The number of nitrogens with zero attached hydrogens (tertiary/aromatic N) is 3. The number of halogens is 2. The van der Waals surface area contributed by atoms with E-state index in [4.69, 9.17) is 23.2 Å². The maximum atomic E-state index is 6.04. The topological polar surface area (TPSA) is 19.4 Å². The highest BCUT2D eigenvalue weighted by atomic mass is 35.5. The lowest BCUT2D eigenvalue weighted by molar-refractivity contribution is 0.285. The van der Waals surface area contributed by atoms with E-state index in [0.29, 0.717) is 11.0 Å². The van der Waals surface area contributed by atoms with Crippen molar-refractivity contribution in [2.45, 2.75) is 18.7 Å². The highest BCUT2D eigenvalue weighted by Gasteiger charge is 2.22. The van der Waals surface area contributed by atoms with Crippen molar-refractivity contribution >= 4 is 39.7 Å². The van der Waals surface area contributed by atoms with Crippen LogP contribution >= 0.6 is 34.5 Å². The second kappa shape index (κ2) is 6.42. The number of hydrogen-bond donors (Lipinski definition) is 0. The van der Waals surface area contributed by atoms with Gasteiger partial charge >= 0.3 is 0 Å². The molecule has 1 aromatic heterocycles. The Kier molecular flexibility index (Phi) is 5.13. The fourth-order valence-corrected chi connectivity index (χ4v) is 3.89. The fraction of sp³-hybridized carbons (Fsp3) is 0.750. The Morgan fingerprint density at radius 1 is 1.39 bits per heavy atom. The van der Waals surface area contributed by atoms with Crippen LogP contribution in [0.4, 0.5) is 5.13 Å². The van der Waals surface area contributed by atoms with Crippen molar-refractivity contribution in [2.24, 2.45) is 5.92 Å². The normalized spacial score (nSPS) is 17.7. The van der Waals surface area contributed by atoms with Crippen LogP contribution in [0.3, 0.4) is 0 Å². The first-order chi connectivity index (χ1) is 8.60. The second-order valence-electron chi connectivity index (χ2n) is 5.04. The molecule has 0 N–H and O–H groups in total. The van der Waals surface area contributed by atoms with Gasteiger partial charge in [-0.1, -0.05) is 22.9 Å². The summed E-state index contributed by atoms with van der Waals surface area (Å²) in [5, 5.41) is 1.60. The van der Waals surface area contributed by atoms with Gasteiger partial charge in [-0.15, -0.1) is 11.6 Å². The molecule has 0 aliphatic carbocycles. The van der Waals surface area contributed by atoms with E-state index in [1.807, 2.05) is 0 Å². The van der Waals surface area contributed by atoms with Crippen molar-refractivity contribution in [3.05, 3.63) is 10.0 Å². The van der Waals surface area contributed by atoms with Gasteiger partial charge in [-0.3, -0.25) is 0 Å². The molecular weight excluding hydrogens is 289 g/mol. The fourth-order valence-electron chi connectivity index (χ4n) is 2.36. The van der Waals surface area contributed by atoms with Gasteiger partial charge in [0.15, 0.2) is 5.13 Å². The van der Waals surface area contributed by atoms with Gasteiger partial charge in [0.05, 0.1) is 10.8 Å². The summed E-state index contributed by atoms with van der Waals surface area (Å²) in [6, 6.07) is 0. The third-order valence-electron chi connectivity index (χ3n) is 3.27. The average molecular weight is 308 g/mol. The Morgan fingerprint density at radius 3 is 2.56 bits per heavy atom. The van der Waals surface area contributed by atoms with Crippen LogP contribution < -0.4 is 4.90 Å². The summed E-state index contributed by atoms with van der Waals surface area (Å²) >= 11 is 13.5. The summed E-state index contributed by atoms with van der Waals surface area (Å²) in [5.74, 6) is 1.26. The van der Waals surface area contributed by atoms with Crippen molar-refractivity contribution in [2.75, 3.05) is 38.6 Å². The minimum Gasteiger partial charge on any atom is -0.348 e. The van der Waals surface area contributed by atoms with Gasteiger partial charge in [0.25, 0.3) is 0 Å². The summed E-state index contributed by atoms with van der Waals surface area (Å²) in [4.78, 5) is 9.98. The molecule has 1 fully saturated rings. The largest absolute Gasteiger partial charge is 0.348 e. The number of anilines is 1. The molecule has 0 radical (unpaired) electrons. The Hall–Kier alpha value is -0.0300. The number of alkyl halides is 1. The summed E-state index contributed by atoms with van der Waals surface area (Å²) in [7, 11) is 4.28. The van der Waals surface area contributed by atoms with Crippen LogP contribution in [0, 0.1) is 5.92 Å². The molecule has 18 heavy (non-hydrogen) atoms. The predicted molar refractivity (Wildman–Crippen MR) is 80.2 cm³/mol. The standard InChI is InChI=1S/C12H19Cl2N3S/c1-16(2)8-9-3-5-17(6-4-9)12-15-11(14)10(7-13)18-12/h9H,3-8H2,1-2H3. The molecule has 6 heteroatoms. The number of piperidine rings is 1. The monoisotopic (exact) mass is 307 g/mol. The summed E-state index contributed by atoms with van der Waals surface area (Å²) in [6.45, 7) is 3.33. The van der Waals surface area contributed by atoms with E-state index in [0.717, 1.165) is 29.0 Å². The molecular formula is C12H19Cl2N3S. The van der Waals surface area contributed by atoms with Gasteiger partial charge in [-0.25, -0.2) is 4.98 Å². The van der Waals surface area contributed by atoms with Crippen LogP contribution in [0.2, 0.25) is 5.15 Å². The van der Waals surface area contributed by atoms with Crippen LogP contribution in [-0.4, -0.2) is 43.6 Å². The first-order valence-electron chi connectivity index (χ1n) is 6.21. The maximum Gasteiger partial charge on any atom is 0.187 e. The molecule has 0 unspecified atom stereocenters. The third kappa shape index (κ3) is 3.50. The lowest BCUT2D eigenvalue weighted by atomic mass is 9.97. The third-order valence-corrected chi connectivity index (χ3v) is 5.23. The number of thiazole rings is 1. The van der Waals surface area contributed by atoms with E-state index in [9.17, 15) is 0 Å². The molecule has 102 valence electrons. The number of rotatable bonds is 4. The van der Waals surface area contributed by atoms with Crippen LogP contribution in [0.15, 0.2) is 0 Å². The molecule has 0 bridgehead atoms. The first kappa shape index (κ1) is 14.4. The van der Waals surface area contributed by atoms with Crippen molar-refractivity contribution < 1.29 is 0 Å². The minimum atomic E-state index is 0.452. The van der Waals surface area contributed by atoms with Crippen LogP contribution in [0.5, 0.6) is 0 Å². The van der Waals surface area contributed by atoms with Crippen LogP contribution in [0.1, 0.15) is 17.7 Å². The molecule has 0 aromatic carbocycles. The summed E-state index contributed by atoms with van der Waals surface area (Å²) < 4.78 is 0. The van der Waals surface area contributed by atoms with E-state index >= 15 is 0 Å². The Labute approximate surface area is 123 Å². The lowest BCUT2D eigenvalue weighted by Crippen LogP contribution is -2.37. The van der Waals surface area contributed by atoms with E-state index in [2.05, 4.69) is 28.9 Å². The lowest BCUT2D eigenvalue weighted by Gasteiger charge is -2.32. The van der Waals surface area contributed by atoms with Gasteiger partial charge in [0, 0.05) is 19.6 Å². The molecule has 1 aromatic rings. The molecule has 0 amide bonds. The second-order valence-corrected chi connectivity index (χ2v) is 6.72. The van der Waals surface area contributed by atoms with Gasteiger partial charge in [0.2, 0.25) is 0 Å². The maximum absolute atomic E-state index is 6.04. The molecule has 0 saturated carbocycles. The molecule has 0 spiro atoms. The minimum absolute atomic E-state index is 0.452. The number of hydrogen-bond acceptors (Lipinski definition) is 4. The zero-order valence-corrected chi connectivity index (χ0v) is 13.2. The van der Waals surface area contributed by atoms with Gasteiger partial charge in [-0.2, -0.15) is 0 Å². The Bertz CT molecular complexity index is 387. The predicted octanol–water partition coefficient (Wildman–Crippen LogP) is 3.31. The molecule has 1 aliphatic heterocycles. The first-order valence-corrected chi connectivity index (χ1v) is 7.94. The average Bonchev–Trinajstić information content (AvgIpc) is 2.71. The summed E-state index contributed by atoms with van der Waals surface area (Å²) in [6.07, 6.45) is 2.46. The van der Waals surface area contributed by atoms with Gasteiger partial charge in [-0.05, 0) is 32.9 Å². The number of aromatic nitrogens is 1. The Morgan fingerprint density at radius 2 is 2.06 bits per heavy atom. The van der Waals surface area contributed by atoms with Crippen LogP contribution in [-0.2, 0) is 5.88 Å². The van der Waals surface area contributed by atoms with Crippen molar-refractivity contribution in [3.8, 4) is 0 Å². The highest BCUT2D eigenvalue weighted by molar-refractivity contribution is 7.16. The Balaban J connectivity index is 1.92. The van der Waals surface area contributed by atoms with Gasteiger partial charge < -0.3 is 9.80 Å². The zero-order chi connectivity index (χ0) is 13.1. The quantitative estimate of drug-likeness (QED) is 0.796. The summed E-state index contributed by atoms with van der Waals surface area (Å²) in [5.41, 5.74) is 0. The zero-order valence-electron chi connectivity index (χ0n) is 10.8.